The van der Waals surface area contributed by atoms with Gasteiger partial charge in [-0.3, -0.25) is 0 Å². The third-order valence-corrected chi connectivity index (χ3v) is 1.17. The van der Waals surface area contributed by atoms with Gasteiger partial charge in [0.2, 0.25) is 5.69 Å². The number of rotatable bonds is 0. The van der Waals surface area contributed by atoms with Gasteiger partial charge in [-0.2, -0.15) is 0 Å². The molecule has 3 nitrogen and oxygen atoms in total. The van der Waals surface area contributed by atoms with Crippen molar-refractivity contribution < 1.29 is 0 Å². The van der Waals surface area contributed by atoms with Crippen LogP contribution in [0.25, 0.3) is 4.85 Å². The SMILES string of the molecule is [C-]#[N+]c1cc(N)ccc1N. The molecule has 0 saturated heterocycles. The Morgan fingerprint density at radius 3 is 2.50 bits per heavy atom. The number of nitrogen functional groups attached to an aromatic ring is 2. The number of anilines is 2. The van der Waals surface area contributed by atoms with Crippen LogP contribution in [0.1, 0.15) is 0 Å². The fourth-order valence-electron chi connectivity index (χ4n) is 0.658. The van der Waals surface area contributed by atoms with Gasteiger partial charge in [0.25, 0.3) is 0 Å². The summed E-state index contributed by atoms with van der Waals surface area (Å²) in [6, 6.07) is 4.86. The predicted molar refractivity (Wildman–Crippen MR) is 41.5 cm³/mol. The van der Waals surface area contributed by atoms with Gasteiger partial charge in [-0.1, -0.05) is 0 Å². The monoisotopic (exact) mass is 133 g/mol. The topological polar surface area (TPSA) is 56.4 Å². The molecule has 1 aromatic carbocycles. The first-order valence-corrected chi connectivity index (χ1v) is 2.76. The third kappa shape index (κ3) is 1.00. The Hall–Kier alpha value is -1.69. The second-order valence-corrected chi connectivity index (χ2v) is 1.93. The molecule has 0 aliphatic rings. The smallest absolute Gasteiger partial charge is 0.211 e. The fraction of sp³-hybridized carbons (Fsp3) is 0. The van der Waals surface area contributed by atoms with Crippen LogP contribution >= 0.6 is 0 Å². The van der Waals surface area contributed by atoms with Crippen LogP contribution in [0.5, 0.6) is 0 Å². The highest BCUT2D eigenvalue weighted by molar-refractivity contribution is 5.71. The number of hydrogen-bond acceptors (Lipinski definition) is 2. The largest absolute Gasteiger partial charge is 0.407 e. The molecule has 0 amide bonds. The summed E-state index contributed by atoms with van der Waals surface area (Å²) in [6.07, 6.45) is 0. The minimum Gasteiger partial charge on any atom is -0.407 e. The first-order chi connectivity index (χ1) is 4.74. The Morgan fingerprint density at radius 2 is 2.00 bits per heavy atom. The van der Waals surface area contributed by atoms with E-state index in [-0.39, 0.29) is 0 Å². The zero-order chi connectivity index (χ0) is 7.56. The Balaban J connectivity index is 3.25. The van der Waals surface area contributed by atoms with Crippen molar-refractivity contribution in [1.82, 2.24) is 0 Å². The van der Waals surface area contributed by atoms with Crippen molar-refractivity contribution in [3.63, 3.8) is 0 Å². The molecule has 0 atom stereocenters. The molecule has 0 aliphatic heterocycles. The van der Waals surface area contributed by atoms with Crippen LogP contribution in [0.2, 0.25) is 0 Å². The zero-order valence-corrected chi connectivity index (χ0v) is 5.33. The highest BCUT2D eigenvalue weighted by atomic mass is 14.7. The van der Waals surface area contributed by atoms with Crippen LogP contribution in [0.15, 0.2) is 18.2 Å². The minimum absolute atomic E-state index is 0.417. The number of hydrogen-bond donors (Lipinski definition) is 2. The van der Waals surface area contributed by atoms with Gasteiger partial charge in [0, 0.05) is 11.4 Å². The highest BCUT2D eigenvalue weighted by Gasteiger charge is 1.95. The third-order valence-electron chi connectivity index (χ3n) is 1.17. The summed E-state index contributed by atoms with van der Waals surface area (Å²) in [5, 5.41) is 0. The Bertz CT molecular complexity index is 285. The maximum Gasteiger partial charge on any atom is 0.211 e. The molecule has 0 heterocycles. The normalized spacial score (nSPS) is 8.70. The van der Waals surface area contributed by atoms with Crippen LogP contribution in [0.3, 0.4) is 0 Å². The maximum atomic E-state index is 6.67. The van der Waals surface area contributed by atoms with E-state index in [0.717, 1.165) is 0 Å². The molecule has 0 aliphatic carbocycles. The Labute approximate surface area is 59.1 Å². The van der Waals surface area contributed by atoms with E-state index in [0.29, 0.717) is 17.1 Å². The average Bonchev–Trinajstić information content (AvgIpc) is 1.94. The molecule has 0 unspecified atom stereocenters. The molecule has 1 aromatic rings. The summed E-state index contributed by atoms with van der Waals surface area (Å²) in [7, 11) is 0. The molecule has 4 N–H and O–H groups in total. The van der Waals surface area contributed by atoms with Crippen LogP contribution in [0, 0.1) is 6.57 Å². The van der Waals surface area contributed by atoms with Crippen LogP contribution in [0.4, 0.5) is 17.1 Å². The number of benzene rings is 1. The molecule has 1 rings (SSSR count). The quantitative estimate of drug-likeness (QED) is 0.415. The van der Waals surface area contributed by atoms with E-state index >= 15 is 0 Å². The first kappa shape index (κ1) is 6.43. The summed E-state index contributed by atoms with van der Waals surface area (Å²) in [5.41, 5.74) is 12.3. The van der Waals surface area contributed by atoms with Gasteiger partial charge in [0.05, 0.1) is 6.57 Å². The molecule has 3 heteroatoms. The van der Waals surface area contributed by atoms with E-state index in [4.69, 9.17) is 18.0 Å². The Morgan fingerprint density at radius 1 is 1.30 bits per heavy atom. The molecule has 0 radical (unpaired) electrons. The molecule has 0 saturated carbocycles. The van der Waals surface area contributed by atoms with Crippen molar-refractivity contribution in [3.8, 4) is 0 Å². The van der Waals surface area contributed by atoms with E-state index in [2.05, 4.69) is 4.85 Å². The van der Waals surface area contributed by atoms with Crippen molar-refractivity contribution in [3.05, 3.63) is 29.6 Å². The summed E-state index contributed by atoms with van der Waals surface area (Å²) in [5.74, 6) is 0. The molecule has 0 spiro atoms. The van der Waals surface area contributed by atoms with Crippen molar-refractivity contribution in [2.75, 3.05) is 11.5 Å². The van der Waals surface area contributed by atoms with Crippen molar-refractivity contribution in [1.29, 1.82) is 0 Å². The summed E-state index contributed by atoms with van der Waals surface area (Å²) < 4.78 is 0. The van der Waals surface area contributed by atoms with Crippen molar-refractivity contribution in [2.45, 2.75) is 0 Å². The van der Waals surface area contributed by atoms with Crippen molar-refractivity contribution >= 4 is 17.1 Å². The molecule has 0 fully saturated rings. The van der Waals surface area contributed by atoms with E-state index in [1.165, 1.54) is 0 Å². The second-order valence-electron chi connectivity index (χ2n) is 1.93. The fourth-order valence-corrected chi connectivity index (χ4v) is 0.658. The predicted octanol–water partition coefficient (Wildman–Crippen LogP) is 1.40. The van der Waals surface area contributed by atoms with Gasteiger partial charge in [-0.15, -0.1) is 0 Å². The maximum absolute atomic E-state index is 6.67. The van der Waals surface area contributed by atoms with E-state index in [1.807, 2.05) is 0 Å². The van der Waals surface area contributed by atoms with E-state index in [9.17, 15) is 0 Å². The highest BCUT2D eigenvalue weighted by Crippen LogP contribution is 2.23. The Kier molecular flexibility index (Phi) is 1.46. The molecular formula is C7H7N3. The number of nitrogens with zero attached hydrogens (tertiary/aromatic N) is 1. The van der Waals surface area contributed by atoms with Gasteiger partial charge in [0.15, 0.2) is 0 Å². The lowest BCUT2D eigenvalue weighted by atomic mass is 10.2. The lowest BCUT2D eigenvalue weighted by Crippen LogP contribution is -1.87. The number of nitrogens with two attached hydrogens (primary N) is 2. The second kappa shape index (κ2) is 2.28. The standard InChI is InChI=1S/C7H7N3/c1-10-7-4-5(8)2-3-6(7)9/h2-4H,8-9H2. The lowest BCUT2D eigenvalue weighted by molar-refractivity contribution is 1.67. The van der Waals surface area contributed by atoms with Crippen molar-refractivity contribution in [2.24, 2.45) is 0 Å². The molecule has 50 valence electrons. The molecular weight excluding hydrogens is 126 g/mol. The van der Waals surface area contributed by atoms with Gasteiger partial charge in [-0.05, 0) is 18.2 Å². The minimum atomic E-state index is 0.417. The van der Waals surface area contributed by atoms with E-state index in [1.54, 1.807) is 18.2 Å². The van der Waals surface area contributed by atoms with Crippen LogP contribution in [-0.2, 0) is 0 Å². The van der Waals surface area contributed by atoms with Gasteiger partial charge >= 0.3 is 0 Å². The van der Waals surface area contributed by atoms with Gasteiger partial charge < -0.3 is 11.5 Å². The van der Waals surface area contributed by atoms with Crippen LogP contribution < -0.4 is 11.5 Å². The first-order valence-electron chi connectivity index (χ1n) is 2.76. The summed E-state index contributed by atoms with van der Waals surface area (Å²) in [4.78, 5) is 3.18. The molecule has 0 aromatic heterocycles. The zero-order valence-electron chi connectivity index (χ0n) is 5.33. The van der Waals surface area contributed by atoms with Gasteiger partial charge in [0.1, 0.15) is 0 Å². The lowest BCUT2D eigenvalue weighted by Gasteiger charge is -1.96. The average molecular weight is 133 g/mol. The van der Waals surface area contributed by atoms with E-state index < -0.39 is 0 Å². The van der Waals surface area contributed by atoms with Crippen LogP contribution in [-0.4, -0.2) is 0 Å². The summed E-state index contributed by atoms with van der Waals surface area (Å²) >= 11 is 0. The van der Waals surface area contributed by atoms with Gasteiger partial charge in [-0.25, -0.2) is 4.85 Å². The summed E-state index contributed by atoms with van der Waals surface area (Å²) in [6.45, 7) is 6.67. The molecule has 0 bridgehead atoms. The molecule has 10 heavy (non-hydrogen) atoms.